The van der Waals surface area contributed by atoms with Gasteiger partial charge in [0, 0.05) is 24.1 Å². The molecule has 0 bridgehead atoms. The molecule has 2 amide bonds. The van der Waals surface area contributed by atoms with Crippen molar-refractivity contribution in [2.45, 2.75) is 51.6 Å². The normalized spacial score (nSPS) is 17.4. The van der Waals surface area contributed by atoms with E-state index < -0.39 is 6.10 Å². The number of fused-ring (bicyclic) bond motifs is 2. The number of carbonyl (C=O) groups excluding carboxylic acids is 3. The Kier molecular flexibility index (Phi) is 5.34. The van der Waals surface area contributed by atoms with Crippen molar-refractivity contribution >= 4 is 29.0 Å². The highest BCUT2D eigenvalue weighted by atomic mass is 16.5. The SMILES string of the molecule is C[C@@H]1Oc2ccc(NC(=O)CCC(=O)c3ccc4c(c3)CCCC4)cc2NC1=O. The van der Waals surface area contributed by atoms with E-state index >= 15 is 0 Å². The first kappa shape index (κ1) is 19.2. The van der Waals surface area contributed by atoms with E-state index in [0.29, 0.717) is 22.7 Å². The minimum atomic E-state index is -0.544. The van der Waals surface area contributed by atoms with Gasteiger partial charge in [-0.2, -0.15) is 0 Å². The lowest BCUT2D eigenvalue weighted by Crippen LogP contribution is -2.34. The van der Waals surface area contributed by atoms with Crippen molar-refractivity contribution in [3.63, 3.8) is 0 Å². The van der Waals surface area contributed by atoms with Crippen LogP contribution in [0.2, 0.25) is 0 Å². The maximum absolute atomic E-state index is 12.5. The molecule has 6 heteroatoms. The van der Waals surface area contributed by atoms with Gasteiger partial charge in [-0.05, 0) is 68.0 Å². The van der Waals surface area contributed by atoms with Gasteiger partial charge in [-0.3, -0.25) is 14.4 Å². The van der Waals surface area contributed by atoms with E-state index in [0.717, 1.165) is 19.3 Å². The number of hydrogen-bond acceptors (Lipinski definition) is 4. The molecule has 150 valence electrons. The highest BCUT2D eigenvalue weighted by Gasteiger charge is 2.23. The van der Waals surface area contributed by atoms with Gasteiger partial charge < -0.3 is 15.4 Å². The van der Waals surface area contributed by atoms with Crippen LogP contribution in [0, 0.1) is 0 Å². The monoisotopic (exact) mass is 392 g/mol. The molecule has 1 atom stereocenters. The predicted octanol–water partition coefficient (Wildman–Crippen LogP) is 3.89. The van der Waals surface area contributed by atoms with Crippen LogP contribution in [0.3, 0.4) is 0 Å². The second-order valence-corrected chi connectivity index (χ2v) is 7.62. The summed E-state index contributed by atoms with van der Waals surface area (Å²) in [6, 6.07) is 11.0. The summed E-state index contributed by atoms with van der Waals surface area (Å²) in [6.07, 6.45) is 4.19. The Morgan fingerprint density at radius 3 is 2.69 bits per heavy atom. The number of rotatable bonds is 5. The number of carbonyl (C=O) groups is 3. The first-order chi connectivity index (χ1) is 14.0. The summed E-state index contributed by atoms with van der Waals surface area (Å²) in [4.78, 5) is 36.5. The van der Waals surface area contributed by atoms with E-state index in [4.69, 9.17) is 4.74 Å². The molecule has 0 aromatic heterocycles. The molecular weight excluding hydrogens is 368 g/mol. The maximum Gasteiger partial charge on any atom is 0.265 e. The average molecular weight is 392 g/mol. The quantitative estimate of drug-likeness (QED) is 0.756. The molecule has 1 aliphatic heterocycles. The standard InChI is InChI=1S/C23H24N2O4/c1-14-23(28)25-19-13-18(8-10-21(19)29-14)24-22(27)11-9-20(26)17-7-6-15-4-2-3-5-16(15)12-17/h6-8,10,12-14H,2-5,9,11H2,1H3,(H,24,27)(H,25,28)/t14-/m0/s1. The molecule has 0 saturated heterocycles. The fourth-order valence-electron chi connectivity index (χ4n) is 3.79. The van der Waals surface area contributed by atoms with Gasteiger partial charge in [-0.25, -0.2) is 0 Å². The summed E-state index contributed by atoms with van der Waals surface area (Å²) in [5.41, 5.74) is 4.35. The highest BCUT2D eigenvalue weighted by Crippen LogP contribution is 2.32. The van der Waals surface area contributed by atoms with Crippen LogP contribution in [0.25, 0.3) is 0 Å². The average Bonchev–Trinajstić information content (AvgIpc) is 2.72. The third-order valence-electron chi connectivity index (χ3n) is 5.44. The molecule has 0 fully saturated rings. The molecule has 6 nitrogen and oxygen atoms in total. The zero-order valence-electron chi connectivity index (χ0n) is 16.4. The van der Waals surface area contributed by atoms with E-state index in [1.807, 2.05) is 18.2 Å². The first-order valence-corrected chi connectivity index (χ1v) is 10.1. The summed E-state index contributed by atoms with van der Waals surface area (Å²) in [7, 11) is 0. The van der Waals surface area contributed by atoms with Crippen LogP contribution < -0.4 is 15.4 Å². The Hall–Kier alpha value is -3.15. The highest BCUT2D eigenvalue weighted by molar-refractivity contribution is 6.01. The van der Waals surface area contributed by atoms with Crippen molar-refractivity contribution in [2.24, 2.45) is 0 Å². The molecule has 1 heterocycles. The predicted molar refractivity (Wildman–Crippen MR) is 110 cm³/mol. The first-order valence-electron chi connectivity index (χ1n) is 10.1. The second-order valence-electron chi connectivity index (χ2n) is 7.62. The lowest BCUT2D eigenvalue weighted by atomic mass is 9.89. The van der Waals surface area contributed by atoms with E-state index in [2.05, 4.69) is 10.6 Å². The van der Waals surface area contributed by atoms with Gasteiger partial charge in [-0.1, -0.05) is 12.1 Å². The van der Waals surface area contributed by atoms with Crippen molar-refractivity contribution < 1.29 is 19.1 Å². The summed E-state index contributed by atoms with van der Waals surface area (Å²) in [5, 5.41) is 5.53. The van der Waals surface area contributed by atoms with Gasteiger partial charge in [0.15, 0.2) is 11.9 Å². The number of anilines is 2. The molecule has 29 heavy (non-hydrogen) atoms. The minimum Gasteiger partial charge on any atom is -0.479 e. The van der Waals surface area contributed by atoms with Gasteiger partial charge >= 0.3 is 0 Å². The second kappa shape index (κ2) is 8.07. The number of ether oxygens (including phenoxy) is 1. The van der Waals surface area contributed by atoms with Gasteiger partial charge in [0.1, 0.15) is 5.75 Å². The van der Waals surface area contributed by atoms with E-state index in [-0.39, 0.29) is 30.4 Å². The lowest BCUT2D eigenvalue weighted by molar-refractivity contribution is -0.122. The molecule has 0 saturated carbocycles. The van der Waals surface area contributed by atoms with Crippen LogP contribution in [0.4, 0.5) is 11.4 Å². The molecule has 0 radical (unpaired) electrons. The van der Waals surface area contributed by atoms with Gasteiger partial charge in [0.05, 0.1) is 5.69 Å². The van der Waals surface area contributed by atoms with Gasteiger partial charge in [0.2, 0.25) is 5.91 Å². The number of aryl methyl sites for hydroxylation is 2. The third kappa shape index (κ3) is 4.31. The zero-order chi connectivity index (χ0) is 20.4. The Balaban J connectivity index is 1.34. The van der Waals surface area contributed by atoms with Crippen molar-refractivity contribution in [3.8, 4) is 5.75 Å². The van der Waals surface area contributed by atoms with Crippen molar-refractivity contribution in [2.75, 3.05) is 10.6 Å². The largest absolute Gasteiger partial charge is 0.479 e. The van der Waals surface area contributed by atoms with Crippen LogP contribution >= 0.6 is 0 Å². The Morgan fingerprint density at radius 1 is 1.07 bits per heavy atom. The number of hydrogen-bond donors (Lipinski definition) is 2. The molecule has 4 rings (SSSR count). The molecule has 2 N–H and O–H groups in total. The number of Topliss-reactive ketones (excluding diaryl/α,β-unsaturated/α-hetero) is 1. The van der Waals surface area contributed by atoms with Crippen LogP contribution in [-0.4, -0.2) is 23.7 Å². The summed E-state index contributed by atoms with van der Waals surface area (Å²) < 4.78 is 5.50. The van der Waals surface area contributed by atoms with E-state index in [1.165, 1.54) is 17.5 Å². The summed E-state index contributed by atoms with van der Waals surface area (Å²) in [6.45, 7) is 1.67. The molecule has 0 unspecified atom stereocenters. The number of amides is 2. The third-order valence-corrected chi connectivity index (χ3v) is 5.44. The number of ketones is 1. The van der Waals surface area contributed by atoms with Crippen LogP contribution in [0.1, 0.15) is 54.1 Å². The smallest absolute Gasteiger partial charge is 0.265 e. The number of benzene rings is 2. The molecule has 2 aromatic rings. The van der Waals surface area contributed by atoms with Crippen LogP contribution in [-0.2, 0) is 22.4 Å². The van der Waals surface area contributed by atoms with Gasteiger partial charge in [0.25, 0.3) is 5.91 Å². The summed E-state index contributed by atoms with van der Waals surface area (Å²) in [5.74, 6) is 0.0793. The summed E-state index contributed by atoms with van der Waals surface area (Å²) >= 11 is 0. The topological polar surface area (TPSA) is 84.5 Å². The molecule has 1 aliphatic carbocycles. The lowest BCUT2D eigenvalue weighted by Gasteiger charge is -2.23. The van der Waals surface area contributed by atoms with Crippen molar-refractivity contribution in [1.29, 1.82) is 0 Å². The zero-order valence-corrected chi connectivity index (χ0v) is 16.4. The Morgan fingerprint density at radius 2 is 1.86 bits per heavy atom. The fraction of sp³-hybridized carbons (Fsp3) is 0.348. The van der Waals surface area contributed by atoms with Crippen LogP contribution in [0.15, 0.2) is 36.4 Å². The van der Waals surface area contributed by atoms with Crippen molar-refractivity contribution in [1.82, 2.24) is 0 Å². The fourth-order valence-corrected chi connectivity index (χ4v) is 3.79. The Bertz CT molecular complexity index is 983. The Labute approximate surface area is 169 Å². The van der Waals surface area contributed by atoms with Gasteiger partial charge in [-0.15, -0.1) is 0 Å². The molecular formula is C23H24N2O4. The van der Waals surface area contributed by atoms with E-state index in [1.54, 1.807) is 25.1 Å². The molecule has 0 spiro atoms. The van der Waals surface area contributed by atoms with Crippen molar-refractivity contribution in [3.05, 3.63) is 53.1 Å². The number of nitrogens with one attached hydrogen (secondary N) is 2. The molecule has 2 aliphatic rings. The van der Waals surface area contributed by atoms with E-state index in [9.17, 15) is 14.4 Å². The molecule has 2 aromatic carbocycles. The minimum absolute atomic E-state index is 0.0198. The van der Waals surface area contributed by atoms with Crippen LogP contribution in [0.5, 0.6) is 5.75 Å². The maximum atomic E-state index is 12.5.